The van der Waals surface area contributed by atoms with Crippen LogP contribution >= 0.6 is 0 Å². The molecule has 0 saturated heterocycles. The summed E-state index contributed by atoms with van der Waals surface area (Å²) >= 11 is 0. The second-order valence-electron chi connectivity index (χ2n) is 4.83. The molecule has 0 amide bonds. The summed E-state index contributed by atoms with van der Waals surface area (Å²) in [7, 11) is 0. The fourth-order valence-corrected chi connectivity index (χ4v) is 2.65. The Morgan fingerprint density at radius 1 is 1.18 bits per heavy atom. The number of aromatic nitrogens is 1. The summed E-state index contributed by atoms with van der Waals surface area (Å²) in [6, 6.07) is 6.58. The molecular weight excluding hydrogens is 208 g/mol. The topological polar surface area (TPSA) is 36.7 Å². The SMILES string of the molecule is Cc1cc2nc3c(c(C#N)c2cc1C)CCC3. The quantitative estimate of drug-likeness (QED) is 0.686. The van der Waals surface area contributed by atoms with E-state index >= 15 is 0 Å². The van der Waals surface area contributed by atoms with Crippen molar-refractivity contribution in [2.45, 2.75) is 33.1 Å². The number of nitriles is 1. The molecule has 2 aromatic rings. The van der Waals surface area contributed by atoms with Crippen molar-refractivity contribution in [3.63, 3.8) is 0 Å². The lowest BCUT2D eigenvalue weighted by Gasteiger charge is -2.09. The second kappa shape index (κ2) is 3.56. The third-order valence-corrected chi connectivity index (χ3v) is 3.74. The van der Waals surface area contributed by atoms with E-state index in [0.717, 1.165) is 41.4 Å². The van der Waals surface area contributed by atoms with Crippen molar-refractivity contribution in [2.75, 3.05) is 0 Å². The highest BCUT2D eigenvalue weighted by atomic mass is 14.7. The van der Waals surface area contributed by atoms with E-state index < -0.39 is 0 Å². The number of pyridine rings is 1. The Morgan fingerprint density at radius 2 is 1.94 bits per heavy atom. The minimum Gasteiger partial charge on any atom is -0.252 e. The summed E-state index contributed by atoms with van der Waals surface area (Å²) < 4.78 is 0. The first-order chi connectivity index (χ1) is 8.20. The van der Waals surface area contributed by atoms with E-state index in [0.29, 0.717) is 0 Å². The van der Waals surface area contributed by atoms with E-state index in [1.807, 2.05) is 0 Å². The molecule has 2 heteroatoms. The van der Waals surface area contributed by atoms with Crippen molar-refractivity contribution in [3.8, 4) is 6.07 Å². The van der Waals surface area contributed by atoms with Gasteiger partial charge in [-0.25, -0.2) is 0 Å². The van der Waals surface area contributed by atoms with Gasteiger partial charge in [-0.15, -0.1) is 0 Å². The van der Waals surface area contributed by atoms with Crippen molar-refractivity contribution < 1.29 is 0 Å². The highest BCUT2D eigenvalue weighted by Gasteiger charge is 2.19. The van der Waals surface area contributed by atoms with Crippen molar-refractivity contribution in [1.29, 1.82) is 5.26 Å². The van der Waals surface area contributed by atoms with Crippen LogP contribution in [0.4, 0.5) is 0 Å². The molecule has 84 valence electrons. The fraction of sp³-hybridized carbons (Fsp3) is 0.333. The third-order valence-electron chi connectivity index (χ3n) is 3.74. The number of rotatable bonds is 0. The highest BCUT2D eigenvalue weighted by Crippen LogP contribution is 2.30. The lowest BCUT2D eigenvalue weighted by atomic mass is 9.99. The number of fused-ring (bicyclic) bond motifs is 2. The number of aryl methyl sites for hydroxylation is 3. The van der Waals surface area contributed by atoms with Crippen molar-refractivity contribution >= 4 is 10.9 Å². The van der Waals surface area contributed by atoms with Gasteiger partial charge in [-0.3, -0.25) is 4.98 Å². The predicted molar refractivity (Wildman–Crippen MR) is 68.0 cm³/mol. The number of hydrogen-bond donors (Lipinski definition) is 0. The first-order valence-electron chi connectivity index (χ1n) is 6.03. The van der Waals surface area contributed by atoms with E-state index in [1.54, 1.807) is 0 Å². The smallest absolute Gasteiger partial charge is 0.100 e. The second-order valence-corrected chi connectivity index (χ2v) is 4.83. The molecule has 1 aromatic heterocycles. The van der Waals surface area contributed by atoms with Gasteiger partial charge in [0.2, 0.25) is 0 Å². The van der Waals surface area contributed by atoms with Crippen LogP contribution in [0.15, 0.2) is 12.1 Å². The molecular formula is C15H14N2. The van der Waals surface area contributed by atoms with E-state index in [4.69, 9.17) is 4.98 Å². The van der Waals surface area contributed by atoms with Crippen molar-refractivity contribution in [2.24, 2.45) is 0 Å². The molecule has 3 rings (SSSR count). The predicted octanol–water partition coefficient (Wildman–Crippen LogP) is 3.21. The van der Waals surface area contributed by atoms with E-state index in [-0.39, 0.29) is 0 Å². The molecule has 1 heterocycles. The van der Waals surface area contributed by atoms with Crippen LogP contribution in [0.3, 0.4) is 0 Å². The Morgan fingerprint density at radius 3 is 2.71 bits per heavy atom. The highest BCUT2D eigenvalue weighted by molar-refractivity contribution is 5.87. The van der Waals surface area contributed by atoms with E-state index in [9.17, 15) is 5.26 Å². The zero-order valence-electron chi connectivity index (χ0n) is 10.2. The van der Waals surface area contributed by atoms with Crippen LogP contribution in [-0.4, -0.2) is 4.98 Å². The Bertz CT molecular complexity index is 663. The minimum absolute atomic E-state index is 0.852. The molecule has 0 fully saturated rings. The standard InChI is InChI=1S/C15H14N2/c1-9-6-12-13(8-16)11-4-3-5-14(11)17-15(12)7-10(9)2/h6-7H,3-5H2,1-2H3. The summed E-state index contributed by atoms with van der Waals surface area (Å²) in [4.78, 5) is 4.72. The summed E-state index contributed by atoms with van der Waals surface area (Å²) in [6.45, 7) is 4.18. The fourth-order valence-electron chi connectivity index (χ4n) is 2.65. The maximum absolute atomic E-state index is 9.38. The van der Waals surface area contributed by atoms with Gasteiger partial charge in [-0.1, -0.05) is 0 Å². The molecule has 17 heavy (non-hydrogen) atoms. The van der Waals surface area contributed by atoms with Crippen LogP contribution in [-0.2, 0) is 12.8 Å². The van der Waals surface area contributed by atoms with Gasteiger partial charge in [0.25, 0.3) is 0 Å². The zero-order chi connectivity index (χ0) is 12.0. The van der Waals surface area contributed by atoms with Crippen LogP contribution in [0.25, 0.3) is 10.9 Å². The maximum Gasteiger partial charge on any atom is 0.100 e. The van der Waals surface area contributed by atoms with Gasteiger partial charge in [0.05, 0.1) is 11.1 Å². The Hall–Kier alpha value is -1.88. The van der Waals surface area contributed by atoms with Gasteiger partial charge in [0.1, 0.15) is 6.07 Å². The first-order valence-corrected chi connectivity index (χ1v) is 6.03. The zero-order valence-corrected chi connectivity index (χ0v) is 10.2. The molecule has 1 aromatic carbocycles. The summed E-state index contributed by atoms with van der Waals surface area (Å²) in [5.41, 5.74) is 6.62. The van der Waals surface area contributed by atoms with Gasteiger partial charge in [0, 0.05) is 11.1 Å². The molecule has 1 aliphatic carbocycles. The minimum atomic E-state index is 0.852. The molecule has 0 N–H and O–H groups in total. The van der Waals surface area contributed by atoms with Gasteiger partial charge >= 0.3 is 0 Å². The van der Waals surface area contributed by atoms with Crippen molar-refractivity contribution in [1.82, 2.24) is 4.98 Å². The summed E-state index contributed by atoms with van der Waals surface area (Å²) in [5.74, 6) is 0. The van der Waals surface area contributed by atoms with E-state index in [1.165, 1.54) is 16.7 Å². The third kappa shape index (κ3) is 1.43. The summed E-state index contributed by atoms with van der Waals surface area (Å²) in [6.07, 6.45) is 3.16. The molecule has 0 unspecified atom stereocenters. The van der Waals surface area contributed by atoms with Gasteiger partial charge in [-0.2, -0.15) is 5.26 Å². The lowest BCUT2D eigenvalue weighted by Crippen LogP contribution is -1.96. The first kappa shape index (κ1) is 10.3. The Kier molecular flexibility index (Phi) is 2.16. The molecule has 2 nitrogen and oxygen atoms in total. The van der Waals surface area contributed by atoms with Crippen molar-refractivity contribution in [3.05, 3.63) is 40.1 Å². The van der Waals surface area contributed by atoms with Crippen LogP contribution in [0, 0.1) is 25.2 Å². The van der Waals surface area contributed by atoms with Gasteiger partial charge < -0.3 is 0 Å². The molecule has 0 aliphatic heterocycles. The maximum atomic E-state index is 9.38. The molecule has 0 saturated carbocycles. The summed E-state index contributed by atoms with van der Waals surface area (Å²) in [5, 5.41) is 10.4. The Labute approximate surface area is 101 Å². The molecule has 0 spiro atoms. The normalized spacial score (nSPS) is 13.7. The molecule has 0 radical (unpaired) electrons. The van der Waals surface area contributed by atoms with E-state index in [2.05, 4.69) is 32.0 Å². The molecule has 1 aliphatic rings. The largest absolute Gasteiger partial charge is 0.252 e. The number of hydrogen-bond acceptors (Lipinski definition) is 2. The van der Waals surface area contributed by atoms with Gasteiger partial charge in [0.15, 0.2) is 0 Å². The van der Waals surface area contributed by atoms with Gasteiger partial charge in [-0.05, 0) is 61.9 Å². The Balaban J connectivity index is 2.46. The lowest BCUT2D eigenvalue weighted by molar-refractivity contribution is 0.900. The van der Waals surface area contributed by atoms with Crippen LogP contribution in [0.2, 0.25) is 0 Å². The van der Waals surface area contributed by atoms with Crippen LogP contribution < -0.4 is 0 Å². The number of benzene rings is 1. The van der Waals surface area contributed by atoms with Crippen LogP contribution in [0.1, 0.15) is 34.4 Å². The number of nitrogens with zero attached hydrogens (tertiary/aromatic N) is 2. The molecule has 0 bridgehead atoms. The molecule has 0 atom stereocenters. The average Bonchev–Trinajstić information content (AvgIpc) is 2.75. The van der Waals surface area contributed by atoms with Crippen LogP contribution in [0.5, 0.6) is 0 Å². The monoisotopic (exact) mass is 222 g/mol. The average molecular weight is 222 g/mol.